The maximum absolute atomic E-state index is 12.4. The minimum absolute atomic E-state index is 0.230. The summed E-state index contributed by atoms with van der Waals surface area (Å²) in [6, 6.07) is 8.96. The molecule has 0 radical (unpaired) electrons. The molecule has 0 saturated heterocycles. The number of carbonyl (C=O) groups excluding carboxylic acids is 1. The first kappa shape index (κ1) is 17.6. The van der Waals surface area contributed by atoms with Crippen molar-refractivity contribution in [2.75, 3.05) is 5.32 Å². The first-order valence-corrected chi connectivity index (χ1v) is 8.04. The molecule has 0 aliphatic rings. The largest absolute Gasteiger partial charge is 0.479 e. The number of ether oxygens (including phenoxy) is 1. The number of halogens is 2. The van der Waals surface area contributed by atoms with Gasteiger partial charge in [0.25, 0.3) is 5.91 Å². The Bertz CT molecular complexity index is 721. The van der Waals surface area contributed by atoms with Gasteiger partial charge in [0.1, 0.15) is 5.75 Å². The molecule has 2 aromatic carbocycles. The van der Waals surface area contributed by atoms with Gasteiger partial charge in [-0.05, 0) is 57.0 Å². The Morgan fingerprint density at radius 3 is 2.26 bits per heavy atom. The predicted octanol–water partition coefficient (Wildman–Crippen LogP) is 5.32. The van der Waals surface area contributed by atoms with Crippen LogP contribution in [-0.4, -0.2) is 12.0 Å². The summed E-state index contributed by atoms with van der Waals surface area (Å²) in [6.45, 7) is 7.65. The number of amides is 1. The Morgan fingerprint density at radius 2 is 1.70 bits per heavy atom. The van der Waals surface area contributed by atoms with Crippen molar-refractivity contribution < 1.29 is 9.53 Å². The highest BCUT2D eigenvalue weighted by molar-refractivity contribution is 6.35. The van der Waals surface area contributed by atoms with Gasteiger partial charge in [0.2, 0.25) is 0 Å². The number of carbonyl (C=O) groups is 1. The van der Waals surface area contributed by atoms with Gasteiger partial charge < -0.3 is 10.1 Å². The van der Waals surface area contributed by atoms with E-state index in [0.717, 1.165) is 22.4 Å². The maximum atomic E-state index is 12.4. The van der Waals surface area contributed by atoms with Crippen LogP contribution in [0.15, 0.2) is 30.3 Å². The molecule has 122 valence electrons. The Labute approximate surface area is 146 Å². The summed E-state index contributed by atoms with van der Waals surface area (Å²) < 4.78 is 5.63. The molecule has 0 heterocycles. The minimum atomic E-state index is -0.686. The second-order valence-electron chi connectivity index (χ2n) is 5.60. The third kappa shape index (κ3) is 4.40. The Hall–Kier alpha value is -1.71. The van der Waals surface area contributed by atoms with Gasteiger partial charge in [-0.3, -0.25) is 4.79 Å². The van der Waals surface area contributed by atoms with Crippen LogP contribution in [-0.2, 0) is 4.79 Å². The van der Waals surface area contributed by atoms with Crippen molar-refractivity contribution in [3.05, 3.63) is 57.1 Å². The molecular weight excluding hydrogens is 333 g/mol. The number of nitrogens with one attached hydrogen (secondary N) is 1. The fourth-order valence-corrected chi connectivity index (χ4v) is 2.87. The van der Waals surface area contributed by atoms with E-state index in [4.69, 9.17) is 27.9 Å². The van der Waals surface area contributed by atoms with Crippen molar-refractivity contribution in [2.24, 2.45) is 0 Å². The van der Waals surface area contributed by atoms with Crippen molar-refractivity contribution in [2.45, 2.75) is 33.8 Å². The molecule has 1 N–H and O–H groups in total. The first-order valence-electron chi connectivity index (χ1n) is 7.28. The van der Waals surface area contributed by atoms with Gasteiger partial charge >= 0.3 is 0 Å². The lowest BCUT2D eigenvalue weighted by molar-refractivity contribution is -0.122. The number of hydrogen-bond acceptors (Lipinski definition) is 2. The molecule has 1 amide bonds. The topological polar surface area (TPSA) is 38.3 Å². The van der Waals surface area contributed by atoms with Gasteiger partial charge in [0.15, 0.2) is 6.10 Å². The molecule has 1 atom stereocenters. The number of rotatable bonds is 4. The number of benzene rings is 2. The van der Waals surface area contributed by atoms with Crippen LogP contribution in [0.5, 0.6) is 5.75 Å². The third-order valence-electron chi connectivity index (χ3n) is 3.49. The Balaban J connectivity index is 2.11. The number of anilines is 1. The second kappa shape index (κ2) is 7.24. The van der Waals surface area contributed by atoms with Gasteiger partial charge in [0.05, 0.1) is 5.02 Å². The van der Waals surface area contributed by atoms with Crippen LogP contribution in [0.1, 0.15) is 23.6 Å². The van der Waals surface area contributed by atoms with Crippen molar-refractivity contribution in [3.8, 4) is 5.75 Å². The number of aryl methyl sites for hydroxylation is 3. The highest BCUT2D eigenvalue weighted by atomic mass is 35.5. The van der Waals surface area contributed by atoms with Gasteiger partial charge in [-0.1, -0.05) is 40.9 Å². The van der Waals surface area contributed by atoms with E-state index in [1.54, 1.807) is 25.1 Å². The highest BCUT2D eigenvalue weighted by Gasteiger charge is 2.18. The molecule has 0 fully saturated rings. The zero-order valence-electron chi connectivity index (χ0n) is 13.5. The smallest absolute Gasteiger partial charge is 0.265 e. The summed E-state index contributed by atoms with van der Waals surface area (Å²) in [5.74, 6) is 0.196. The average molecular weight is 352 g/mol. The van der Waals surface area contributed by atoms with Crippen LogP contribution in [0.4, 0.5) is 5.69 Å². The quantitative estimate of drug-likeness (QED) is 0.808. The Kier molecular flexibility index (Phi) is 5.55. The molecule has 1 unspecified atom stereocenters. The van der Waals surface area contributed by atoms with Crippen LogP contribution in [0, 0.1) is 20.8 Å². The molecule has 0 aliphatic carbocycles. The second-order valence-corrected chi connectivity index (χ2v) is 6.44. The van der Waals surface area contributed by atoms with Crippen LogP contribution < -0.4 is 10.1 Å². The lowest BCUT2D eigenvalue weighted by Gasteiger charge is -2.18. The molecular formula is C18H19Cl2NO2. The maximum Gasteiger partial charge on any atom is 0.265 e. The molecule has 2 aromatic rings. The zero-order valence-corrected chi connectivity index (χ0v) is 15.0. The molecule has 3 nitrogen and oxygen atoms in total. The fourth-order valence-electron chi connectivity index (χ4n) is 2.42. The van der Waals surface area contributed by atoms with Crippen LogP contribution >= 0.6 is 23.2 Å². The van der Waals surface area contributed by atoms with E-state index >= 15 is 0 Å². The van der Waals surface area contributed by atoms with Crippen LogP contribution in [0.3, 0.4) is 0 Å². The monoisotopic (exact) mass is 351 g/mol. The van der Waals surface area contributed by atoms with E-state index < -0.39 is 6.10 Å². The van der Waals surface area contributed by atoms with E-state index in [2.05, 4.69) is 5.32 Å². The van der Waals surface area contributed by atoms with E-state index in [-0.39, 0.29) is 5.91 Å². The van der Waals surface area contributed by atoms with E-state index in [9.17, 15) is 4.79 Å². The molecule has 2 rings (SSSR count). The highest BCUT2D eigenvalue weighted by Crippen LogP contribution is 2.29. The molecule has 5 heteroatoms. The van der Waals surface area contributed by atoms with E-state index in [1.165, 1.54) is 0 Å². The summed E-state index contributed by atoms with van der Waals surface area (Å²) in [5, 5.41) is 3.82. The average Bonchev–Trinajstić information content (AvgIpc) is 2.45. The molecule has 0 aliphatic heterocycles. The molecule has 23 heavy (non-hydrogen) atoms. The zero-order chi connectivity index (χ0) is 17.1. The van der Waals surface area contributed by atoms with E-state index in [0.29, 0.717) is 15.8 Å². The van der Waals surface area contributed by atoms with Crippen LogP contribution in [0.25, 0.3) is 0 Å². The fraction of sp³-hybridized carbons (Fsp3) is 0.278. The Morgan fingerprint density at radius 1 is 1.09 bits per heavy atom. The molecule has 0 saturated carbocycles. The summed E-state index contributed by atoms with van der Waals surface area (Å²) in [6.07, 6.45) is -0.686. The van der Waals surface area contributed by atoms with Gasteiger partial charge in [0, 0.05) is 10.7 Å². The van der Waals surface area contributed by atoms with Crippen molar-refractivity contribution in [3.63, 3.8) is 0 Å². The summed E-state index contributed by atoms with van der Waals surface area (Å²) in [4.78, 5) is 12.4. The van der Waals surface area contributed by atoms with E-state index in [1.807, 2.05) is 32.9 Å². The van der Waals surface area contributed by atoms with Crippen molar-refractivity contribution in [1.82, 2.24) is 0 Å². The summed E-state index contributed by atoms with van der Waals surface area (Å²) >= 11 is 11.9. The van der Waals surface area contributed by atoms with Gasteiger partial charge in [-0.25, -0.2) is 0 Å². The molecule has 0 bridgehead atoms. The lowest BCUT2D eigenvalue weighted by atomic mass is 10.0. The summed E-state index contributed by atoms with van der Waals surface area (Å²) in [7, 11) is 0. The van der Waals surface area contributed by atoms with Gasteiger partial charge in [-0.2, -0.15) is 0 Å². The number of hydrogen-bond donors (Lipinski definition) is 1. The van der Waals surface area contributed by atoms with Crippen molar-refractivity contribution >= 4 is 34.8 Å². The third-order valence-corrected chi connectivity index (χ3v) is 4.02. The summed E-state index contributed by atoms with van der Waals surface area (Å²) in [5.41, 5.74) is 4.02. The minimum Gasteiger partial charge on any atom is -0.479 e. The predicted molar refractivity (Wildman–Crippen MR) is 95.8 cm³/mol. The first-order chi connectivity index (χ1) is 10.8. The SMILES string of the molecule is Cc1cc(C)c(NC(=O)C(C)Oc2ccc(Cl)cc2Cl)c(C)c1. The normalized spacial score (nSPS) is 11.9. The lowest BCUT2D eigenvalue weighted by Crippen LogP contribution is -2.30. The molecule has 0 aromatic heterocycles. The van der Waals surface area contributed by atoms with Crippen molar-refractivity contribution in [1.29, 1.82) is 0 Å². The van der Waals surface area contributed by atoms with Crippen LogP contribution in [0.2, 0.25) is 10.0 Å². The molecule has 0 spiro atoms. The standard InChI is InChI=1S/C18H19Cl2NO2/c1-10-7-11(2)17(12(3)8-10)21-18(22)13(4)23-16-6-5-14(19)9-15(16)20/h5-9,13H,1-4H3,(H,21,22). The van der Waals surface area contributed by atoms with Gasteiger partial charge in [-0.15, -0.1) is 0 Å².